The highest BCUT2D eigenvalue weighted by Crippen LogP contribution is 2.31. The summed E-state index contributed by atoms with van der Waals surface area (Å²) in [4.78, 5) is 0.278. The molecule has 0 radical (unpaired) electrons. The predicted octanol–water partition coefficient (Wildman–Crippen LogP) is 3.81. The van der Waals surface area contributed by atoms with Crippen molar-refractivity contribution in [2.24, 2.45) is 0 Å². The molecule has 118 valence electrons. The van der Waals surface area contributed by atoms with E-state index in [2.05, 4.69) is 5.32 Å². The SMILES string of the molecule is CCNC1CCCCCCC1S(=O)(=O)c1ccccc1Cl. The minimum atomic E-state index is -3.40. The molecule has 2 unspecified atom stereocenters. The zero-order valence-corrected chi connectivity index (χ0v) is 14.1. The van der Waals surface area contributed by atoms with Crippen LogP contribution in [0, 0.1) is 0 Å². The van der Waals surface area contributed by atoms with E-state index in [1.807, 2.05) is 6.92 Å². The van der Waals surface area contributed by atoms with Crippen LogP contribution >= 0.6 is 11.6 Å². The Morgan fingerprint density at radius 1 is 1.14 bits per heavy atom. The fourth-order valence-corrected chi connectivity index (χ4v) is 5.69. The van der Waals surface area contributed by atoms with E-state index in [1.54, 1.807) is 24.3 Å². The van der Waals surface area contributed by atoms with Crippen molar-refractivity contribution in [3.05, 3.63) is 29.3 Å². The molecule has 1 N–H and O–H groups in total. The van der Waals surface area contributed by atoms with Crippen LogP contribution in [0.3, 0.4) is 0 Å². The summed E-state index contributed by atoms with van der Waals surface area (Å²) in [5.74, 6) is 0. The van der Waals surface area contributed by atoms with Gasteiger partial charge in [-0.3, -0.25) is 0 Å². The minimum Gasteiger partial charge on any atom is -0.313 e. The van der Waals surface area contributed by atoms with Crippen molar-refractivity contribution in [1.29, 1.82) is 0 Å². The molecule has 1 fully saturated rings. The van der Waals surface area contributed by atoms with Crippen LogP contribution in [0.1, 0.15) is 45.4 Å². The van der Waals surface area contributed by atoms with Gasteiger partial charge in [-0.2, -0.15) is 0 Å². The van der Waals surface area contributed by atoms with E-state index in [0.717, 1.165) is 32.2 Å². The number of hydrogen-bond acceptors (Lipinski definition) is 3. The van der Waals surface area contributed by atoms with Crippen LogP contribution in [-0.2, 0) is 9.84 Å². The maximum absolute atomic E-state index is 13.0. The Balaban J connectivity index is 2.35. The van der Waals surface area contributed by atoms with Gasteiger partial charge in [-0.05, 0) is 31.5 Å². The van der Waals surface area contributed by atoms with Gasteiger partial charge in [-0.25, -0.2) is 8.42 Å². The molecule has 1 aromatic rings. The van der Waals surface area contributed by atoms with Gasteiger partial charge in [-0.15, -0.1) is 0 Å². The quantitative estimate of drug-likeness (QED) is 0.913. The second-order valence-electron chi connectivity index (χ2n) is 5.67. The number of nitrogens with one attached hydrogen (secondary N) is 1. The average Bonchev–Trinajstić information content (AvgIpc) is 2.42. The highest BCUT2D eigenvalue weighted by molar-refractivity contribution is 7.92. The highest BCUT2D eigenvalue weighted by atomic mass is 35.5. The van der Waals surface area contributed by atoms with Crippen molar-refractivity contribution >= 4 is 21.4 Å². The summed E-state index contributed by atoms with van der Waals surface area (Å²) >= 11 is 6.13. The Morgan fingerprint density at radius 3 is 2.48 bits per heavy atom. The minimum absolute atomic E-state index is 0.0246. The van der Waals surface area contributed by atoms with Crippen molar-refractivity contribution in [3.8, 4) is 0 Å². The number of halogens is 1. The van der Waals surface area contributed by atoms with Crippen LogP contribution < -0.4 is 5.32 Å². The smallest absolute Gasteiger partial charge is 0.184 e. The average molecular weight is 330 g/mol. The van der Waals surface area contributed by atoms with E-state index in [-0.39, 0.29) is 16.2 Å². The lowest BCUT2D eigenvalue weighted by Crippen LogP contribution is -2.44. The maximum atomic E-state index is 13.0. The predicted molar refractivity (Wildman–Crippen MR) is 87.6 cm³/mol. The monoisotopic (exact) mass is 329 g/mol. The molecule has 3 nitrogen and oxygen atoms in total. The van der Waals surface area contributed by atoms with E-state index in [4.69, 9.17) is 11.6 Å². The molecule has 0 bridgehead atoms. The van der Waals surface area contributed by atoms with E-state index in [9.17, 15) is 8.42 Å². The third-order valence-electron chi connectivity index (χ3n) is 4.21. The summed E-state index contributed by atoms with van der Waals surface area (Å²) in [6.45, 7) is 2.82. The van der Waals surface area contributed by atoms with Crippen molar-refractivity contribution in [2.45, 2.75) is 61.6 Å². The van der Waals surface area contributed by atoms with Crippen LogP contribution in [0.4, 0.5) is 0 Å². The molecular weight excluding hydrogens is 306 g/mol. The Kier molecular flexibility index (Phi) is 6.08. The Labute approximate surface area is 133 Å². The first kappa shape index (κ1) is 16.8. The number of benzene rings is 1. The third-order valence-corrected chi connectivity index (χ3v) is 6.98. The van der Waals surface area contributed by atoms with Crippen LogP contribution in [0.25, 0.3) is 0 Å². The van der Waals surface area contributed by atoms with E-state index >= 15 is 0 Å². The molecule has 2 rings (SSSR count). The fourth-order valence-electron chi connectivity index (χ4n) is 3.16. The molecule has 2 atom stereocenters. The van der Waals surface area contributed by atoms with Gasteiger partial charge in [-0.1, -0.05) is 56.3 Å². The molecule has 0 spiro atoms. The van der Waals surface area contributed by atoms with Crippen LogP contribution in [-0.4, -0.2) is 26.3 Å². The van der Waals surface area contributed by atoms with Gasteiger partial charge in [0.2, 0.25) is 0 Å². The van der Waals surface area contributed by atoms with Gasteiger partial charge in [0.05, 0.1) is 15.2 Å². The molecule has 1 aromatic carbocycles. The summed E-state index contributed by atoms with van der Waals surface area (Å²) < 4.78 is 26.1. The van der Waals surface area contributed by atoms with Crippen molar-refractivity contribution in [3.63, 3.8) is 0 Å². The molecule has 0 heterocycles. The van der Waals surface area contributed by atoms with Crippen molar-refractivity contribution in [2.75, 3.05) is 6.54 Å². The Hall–Kier alpha value is -0.580. The summed E-state index contributed by atoms with van der Waals surface area (Å²) in [5, 5.41) is 3.33. The van der Waals surface area contributed by atoms with E-state index < -0.39 is 9.84 Å². The molecule has 0 aromatic heterocycles. The summed E-state index contributed by atoms with van der Waals surface area (Å²) in [6, 6.07) is 6.81. The normalized spacial score (nSPS) is 24.3. The van der Waals surface area contributed by atoms with Gasteiger partial charge < -0.3 is 5.32 Å². The zero-order valence-electron chi connectivity index (χ0n) is 12.5. The molecular formula is C16H24ClNO2S. The lowest BCUT2D eigenvalue weighted by atomic mass is 9.96. The summed E-state index contributed by atoms with van der Waals surface area (Å²) in [7, 11) is -3.40. The van der Waals surface area contributed by atoms with Crippen LogP contribution in [0.2, 0.25) is 5.02 Å². The second kappa shape index (κ2) is 7.61. The van der Waals surface area contributed by atoms with Crippen LogP contribution in [0.5, 0.6) is 0 Å². The molecule has 0 aliphatic heterocycles. The van der Waals surface area contributed by atoms with E-state index in [0.29, 0.717) is 11.4 Å². The maximum Gasteiger partial charge on any atom is 0.184 e. The number of hydrogen-bond donors (Lipinski definition) is 1. The standard InChI is InChI=1S/C16H24ClNO2S/c1-2-18-14-10-5-3-4-6-12-16(14)21(19,20)15-11-8-7-9-13(15)17/h7-9,11,14,16,18H,2-6,10,12H2,1H3. The first-order chi connectivity index (χ1) is 10.1. The molecule has 1 aliphatic rings. The lowest BCUT2D eigenvalue weighted by molar-refractivity contribution is 0.392. The topological polar surface area (TPSA) is 46.2 Å². The van der Waals surface area contributed by atoms with Gasteiger partial charge in [0.1, 0.15) is 0 Å². The Morgan fingerprint density at radius 2 is 1.81 bits per heavy atom. The molecule has 21 heavy (non-hydrogen) atoms. The summed E-state index contributed by atoms with van der Waals surface area (Å²) in [6.07, 6.45) is 6.00. The molecule has 0 amide bonds. The van der Waals surface area contributed by atoms with Gasteiger partial charge in [0.25, 0.3) is 0 Å². The largest absolute Gasteiger partial charge is 0.313 e. The zero-order chi connectivity index (χ0) is 15.3. The molecule has 1 aliphatic carbocycles. The lowest BCUT2D eigenvalue weighted by Gasteiger charge is -2.30. The fraction of sp³-hybridized carbons (Fsp3) is 0.625. The summed E-state index contributed by atoms with van der Waals surface area (Å²) in [5.41, 5.74) is 0. The van der Waals surface area contributed by atoms with Crippen molar-refractivity contribution in [1.82, 2.24) is 5.32 Å². The van der Waals surface area contributed by atoms with Gasteiger partial charge in [0, 0.05) is 6.04 Å². The number of rotatable bonds is 4. The second-order valence-corrected chi connectivity index (χ2v) is 8.21. The molecule has 1 saturated carbocycles. The molecule has 5 heteroatoms. The highest BCUT2D eigenvalue weighted by Gasteiger charge is 2.35. The number of sulfone groups is 1. The first-order valence-electron chi connectivity index (χ1n) is 7.79. The van der Waals surface area contributed by atoms with Crippen molar-refractivity contribution < 1.29 is 8.42 Å². The first-order valence-corrected chi connectivity index (χ1v) is 9.71. The Bertz CT molecular complexity index is 559. The van der Waals surface area contributed by atoms with Crippen LogP contribution in [0.15, 0.2) is 29.2 Å². The van der Waals surface area contributed by atoms with Gasteiger partial charge >= 0.3 is 0 Å². The van der Waals surface area contributed by atoms with Gasteiger partial charge in [0.15, 0.2) is 9.84 Å². The molecule has 0 saturated heterocycles. The van der Waals surface area contributed by atoms with E-state index in [1.165, 1.54) is 6.42 Å². The third kappa shape index (κ3) is 3.99.